The summed E-state index contributed by atoms with van der Waals surface area (Å²) < 4.78 is 7.78. The molecule has 0 radical (unpaired) electrons. The minimum Gasteiger partial charge on any atom is -0.372 e. The molecule has 4 nitrogen and oxygen atoms in total. The second kappa shape index (κ2) is 3.61. The number of hydrogen-bond acceptors (Lipinski definition) is 3. The largest absolute Gasteiger partial charge is 0.372 e. The molecule has 1 N–H and O–H groups in total. The van der Waals surface area contributed by atoms with Crippen LogP contribution in [-0.4, -0.2) is 22.9 Å². The quantitative estimate of drug-likeness (QED) is 0.744. The van der Waals surface area contributed by atoms with E-state index in [1.165, 1.54) is 23.4 Å². The van der Waals surface area contributed by atoms with Gasteiger partial charge in [-0.1, -0.05) is 0 Å². The number of aryl methyl sites for hydroxylation is 1. The predicted octanol–water partition coefficient (Wildman–Crippen LogP) is 0.917. The topological polar surface area (TPSA) is 39.1 Å². The number of ether oxygens (including phenoxy) is 1. The molecule has 0 amide bonds. The molecule has 3 heterocycles. The lowest BCUT2D eigenvalue weighted by Crippen LogP contribution is -2.24. The zero-order valence-electron chi connectivity index (χ0n) is 9.12. The first-order chi connectivity index (χ1) is 7.36. The van der Waals surface area contributed by atoms with Crippen molar-refractivity contribution in [1.82, 2.24) is 15.1 Å². The van der Waals surface area contributed by atoms with Crippen LogP contribution in [0, 0.1) is 0 Å². The van der Waals surface area contributed by atoms with Gasteiger partial charge in [-0.15, -0.1) is 0 Å². The van der Waals surface area contributed by atoms with Crippen LogP contribution in [0.2, 0.25) is 0 Å². The summed E-state index contributed by atoms with van der Waals surface area (Å²) in [7, 11) is 2.04. The van der Waals surface area contributed by atoms with E-state index in [1.807, 2.05) is 11.7 Å². The Morgan fingerprint density at radius 1 is 1.53 bits per heavy atom. The summed E-state index contributed by atoms with van der Waals surface area (Å²) in [6.07, 6.45) is 3.66. The smallest absolute Gasteiger partial charge is 0.0995 e. The SMILES string of the molecule is Cn1nc2c(c1C1CCCO1)CNCC2. The third-order valence-electron chi connectivity index (χ3n) is 3.35. The first-order valence-corrected chi connectivity index (χ1v) is 5.73. The second-order valence-corrected chi connectivity index (χ2v) is 4.36. The van der Waals surface area contributed by atoms with Crippen LogP contribution in [0.3, 0.4) is 0 Å². The lowest BCUT2D eigenvalue weighted by atomic mass is 10.0. The molecule has 0 aromatic carbocycles. The second-order valence-electron chi connectivity index (χ2n) is 4.36. The van der Waals surface area contributed by atoms with Crippen LogP contribution in [-0.2, 0) is 24.8 Å². The summed E-state index contributed by atoms with van der Waals surface area (Å²) in [6, 6.07) is 0. The van der Waals surface area contributed by atoms with E-state index in [2.05, 4.69) is 10.4 Å². The van der Waals surface area contributed by atoms with Gasteiger partial charge in [0, 0.05) is 38.7 Å². The first-order valence-electron chi connectivity index (χ1n) is 5.73. The third-order valence-corrected chi connectivity index (χ3v) is 3.35. The summed E-state index contributed by atoms with van der Waals surface area (Å²) in [5.41, 5.74) is 3.95. The van der Waals surface area contributed by atoms with Gasteiger partial charge in [0.15, 0.2) is 0 Å². The molecule has 1 aromatic rings. The van der Waals surface area contributed by atoms with Gasteiger partial charge in [-0.2, -0.15) is 5.10 Å². The van der Waals surface area contributed by atoms with Crippen LogP contribution in [0.5, 0.6) is 0 Å². The van der Waals surface area contributed by atoms with E-state index in [0.717, 1.165) is 32.5 Å². The maximum Gasteiger partial charge on any atom is 0.0995 e. The maximum absolute atomic E-state index is 5.76. The van der Waals surface area contributed by atoms with Gasteiger partial charge in [-0.3, -0.25) is 4.68 Å². The van der Waals surface area contributed by atoms with Gasteiger partial charge in [0.1, 0.15) is 0 Å². The molecule has 2 aliphatic rings. The zero-order valence-corrected chi connectivity index (χ0v) is 9.12. The molecule has 15 heavy (non-hydrogen) atoms. The van der Waals surface area contributed by atoms with Crippen LogP contribution >= 0.6 is 0 Å². The summed E-state index contributed by atoms with van der Waals surface area (Å²) in [5, 5.41) is 8.00. The minimum absolute atomic E-state index is 0.283. The molecule has 1 unspecified atom stereocenters. The highest BCUT2D eigenvalue weighted by atomic mass is 16.5. The van der Waals surface area contributed by atoms with E-state index in [1.54, 1.807) is 0 Å². The maximum atomic E-state index is 5.76. The predicted molar refractivity (Wildman–Crippen MR) is 56.5 cm³/mol. The van der Waals surface area contributed by atoms with Crippen LogP contribution < -0.4 is 5.32 Å². The van der Waals surface area contributed by atoms with E-state index >= 15 is 0 Å². The van der Waals surface area contributed by atoms with Crippen LogP contribution in [0.25, 0.3) is 0 Å². The van der Waals surface area contributed by atoms with E-state index in [4.69, 9.17) is 4.74 Å². The summed E-state index contributed by atoms with van der Waals surface area (Å²) >= 11 is 0. The van der Waals surface area contributed by atoms with Gasteiger partial charge in [0.25, 0.3) is 0 Å². The monoisotopic (exact) mass is 207 g/mol. The van der Waals surface area contributed by atoms with Crippen molar-refractivity contribution < 1.29 is 4.74 Å². The summed E-state index contributed by atoms with van der Waals surface area (Å²) in [6.45, 7) is 2.91. The number of fused-ring (bicyclic) bond motifs is 1. The highest BCUT2D eigenvalue weighted by molar-refractivity contribution is 5.30. The molecule has 4 heteroatoms. The highest BCUT2D eigenvalue weighted by Gasteiger charge is 2.27. The Bertz CT molecular complexity index is 366. The molecule has 0 bridgehead atoms. The number of aromatic nitrogens is 2. The number of nitrogens with one attached hydrogen (secondary N) is 1. The molecule has 3 rings (SSSR count). The van der Waals surface area contributed by atoms with E-state index in [9.17, 15) is 0 Å². The minimum atomic E-state index is 0.283. The van der Waals surface area contributed by atoms with E-state index < -0.39 is 0 Å². The van der Waals surface area contributed by atoms with Crippen molar-refractivity contribution in [2.45, 2.75) is 31.9 Å². The van der Waals surface area contributed by atoms with Crippen molar-refractivity contribution >= 4 is 0 Å². The summed E-state index contributed by atoms with van der Waals surface area (Å²) in [5.74, 6) is 0. The Labute approximate surface area is 89.6 Å². The average Bonchev–Trinajstić information content (AvgIpc) is 2.82. The van der Waals surface area contributed by atoms with Crippen molar-refractivity contribution in [2.24, 2.45) is 7.05 Å². The van der Waals surface area contributed by atoms with Crippen molar-refractivity contribution in [3.8, 4) is 0 Å². The standard InChI is InChI=1S/C11H17N3O/c1-14-11(10-3-2-6-15-10)8-7-12-5-4-9(8)13-14/h10,12H,2-7H2,1H3. The number of hydrogen-bond donors (Lipinski definition) is 1. The molecule has 0 aliphatic carbocycles. The Balaban J connectivity index is 2.01. The molecule has 1 fully saturated rings. The van der Waals surface area contributed by atoms with Gasteiger partial charge in [0.05, 0.1) is 17.5 Å². The van der Waals surface area contributed by atoms with Crippen molar-refractivity contribution in [3.63, 3.8) is 0 Å². The lowest BCUT2D eigenvalue weighted by molar-refractivity contribution is 0.104. The highest BCUT2D eigenvalue weighted by Crippen LogP contribution is 2.32. The van der Waals surface area contributed by atoms with Gasteiger partial charge in [-0.25, -0.2) is 0 Å². The van der Waals surface area contributed by atoms with Crippen LogP contribution in [0.4, 0.5) is 0 Å². The van der Waals surface area contributed by atoms with Gasteiger partial charge in [-0.05, 0) is 12.8 Å². The van der Waals surface area contributed by atoms with Gasteiger partial charge < -0.3 is 10.1 Å². The number of nitrogens with zero attached hydrogens (tertiary/aromatic N) is 2. The van der Waals surface area contributed by atoms with Crippen LogP contribution in [0.1, 0.15) is 35.9 Å². The molecule has 82 valence electrons. The normalized spacial score (nSPS) is 25.5. The zero-order chi connectivity index (χ0) is 10.3. The Morgan fingerprint density at radius 3 is 3.27 bits per heavy atom. The van der Waals surface area contributed by atoms with Gasteiger partial charge >= 0.3 is 0 Å². The van der Waals surface area contributed by atoms with Gasteiger partial charge in [0.2, 0.25) is 0 Å². The number of rotatable bonds is 1. The summed E-state index contributed by atoms with van der Waals surface area (Å²) in [4.78, 5) is 0. The lowest BCUT2D eigenvalue weighted by Gasteiger charge is -2.16. The molecule has 0 saturated carbocycles. The van der Waals surface area contributed by atoms with Crippen LogP contribution in [0.15, 0.2) is 0 Å². The first kappa shape index (κ1) is 9.36. The molecule has 1 saturated heterocycles. The fraction of sp³-hybridized carbons (Fsp3) is 0.727. The van der Waals surface area contributed by atoms with Crippen molar-refractivity contribution in [1.29, 1.82) is 0 Å². The molecule has 0 spiro atoms. The Kier molecular flexibility index (Phi) is 2.25. The fourth-order valence-corrected chi connectivity index (χ4v) is 2.65. The molecular formula is C11H17N3O. The molecule has 1 atom stereocenters. The molecule has 1 aromatic heterocycles. The van der Waals surface area contributed by atoms with Crippen molar-refractivity contribution in [2.75, 3.05) is 13.2 Å². The molecule has 2 aliphatic heterocycles. The molecular weight excluding hydrogens is 190 g/mol. The van der Waals surface area contributed by atoms with E-state index in [-0.39, 0.29) is 6.10 Å². The average molecular weight is 207 g/mol. The fourth-order valence-electron chi connectivity index (χ4n) is 2.65. The van der Waals surface area contributed by atoms with E-state index in [0.29, 0.717) is 0 Å². The Morgan fingerprint density at radius 2 is 2.47 bits per heavy atom. The van der Waals surface area contributed by atoms with Crippen molar-refractivity contribution in [3.05, 3.63) is 17.0 Å². The third kappa shape index (κ3) is 1.48. The Hall–Kier alpha value is -0.870.